The summed E-state index contributed by atoms with van der Waals surface area (Å²) in [5, 5.41) is 0.828. The number of fused-ring (bicyclic) bond motifs is 1. The third-order valence-electron chi connectivity index (χ3n) is 5.52. The number of para-hydroxylation sites is 1. The van der Waals surface area contributed by atoms with Crippen molar-refractivity contribution < 1.29 is 12.8 Å². The maximum absolute atomic E-state index is 14.3. The van der Waals surface area contributed by atoms with Gasteiger partial charge in [0, 0.05) is 17.6 Å². The first kappa shape index (κ1) is 19.1. The van der Waals surface area contributed by atoms with Crippen LogP contribution >= 0.6 is 0 Å². The fourth-order valence-corrected chi connectivity index (χ4v) is 5.55. The average Bonchev–Trinajstić information content (AvgIpc) is 3.07. The molecule has 1 aromatic heterocycles. The molecule has 1 fully saturated rings. The SMILES string of the molecule is NCC1CCN(Cc2cc3ccccc3n2S(=O)(=O)c2ccccc2F)CC1. The molecule has 0 atom stereocenters. The van der Waals surface area contributed by atoms with E-state index in [1.807, 2.05) is 18.2 Å². The summed E-state index contributed by atoms with van der Waals surface area (Å²) in [5.74, 6) is -0.209. The molecular weight excluding hydrogens is 377 g/mol. The van der Waals surface area contributed by atoms with Gasteiger partial charge in [0.1, 0.15) is 10.7 Å². The van der Waals surface area contributed by atoms with E-state index in [-0.39, 0.29) is 4.90 Å². The van der Waals surface area contributed by atoms with Gasteiger partial charge < -0.3 is 5.73 Å². The lowest BCUT2D eigenvalue weighted by Crippen LogP contribution is -2.36. The van der Waals surface area contributed by atoms with Gasteiger partial charge in [0.25, 0.3) is 10.0 Å². The quantitative estimate of drug-likeness (QED) is 0.713. The van der Waals surface area contributed by atoms with Gasteiger partial charge in [-0.15, -0.1) is 0 Å². The number of benzene rings is 2. The average molecular weight is 402 g/mol. The monoisotopic (exact) mass is 401 g/mol. The van der Waals surface area contributed by atoms with Crippen LogP contribution in [0, 0.1) is 11.7 Å². The van der Waals surface area contributed by atoms with Gasteiger partial charge in [0.2, 0.25) is 0 Å². The van der Waals surface area contributed by atoms with Crippen molar-refractivity contribution in [3.8, 4) is 0 Å². The molecule has 0 amide bonds. The smallest absolute Gasteiger partial charge is 0.271 e. The Bertz CT molecular complexity index is 1090. The second-order valence-electron chi connectivity index (χ2n) is 7.35. The van der Waals surface area contributed by atoms with Crippen LogP contribution in [0.1, 0.15) is 18.5 Å². The predicted molar refractivity (Wildman–Crippen MR) is 108 cm³/mol. The zero-order chi connectivity index (χ0) is 19.7. The van der Waals surface area contributed by atoms with E-state index in [1.54, 1.807) is 18.2 Å². The van der Waals surface area contributed by atoms with Crippen molar-refractivity contribution in [3.05, 3.63) is 66.1 Å². The first-order valence-corrected chi connectivity index (χ1v) is 11.0. The summed E-state index contributed by atoms with van der Waals surface area (Å²) < 4.78 is 42.4. The van der Waals surface area contributed by atoms with Gasteiger partial charge in [-0.2, -0.15) is 0 Å². The molecule has 5 nitrogen and oxygen atoms in total. The van der Waals surface area contributed by atoms with Crippen LogP contribution in [0.3, 0.4) is 0 Å². The van der Waals surface area contributed by atoms with Crippen molar-refractivity contribution in [2.45, 2.75) is 24.3 Å². The largest absolute Gasteiger partial charge is 0.330 e. The van der Waals surface area contributed by atoms with Crippen LogP contribution in [-0.2, 0) is 16.6 Å². The Labute approximate surface area is 164 Å². The van der Waals surface area contributed by atoms with Crippen molar-refractivity contribution in [1.29, 1.82) is 0 Å². The Kier molecular flexibility index (Phi) is 5.23. The normalized spacial score (nSPS) is 16.6. The number of likely N-dealkylation sites (tertiary alicyclic amines) is 1. The summed E-state index contributed by atoms with van der Waals surface area (Å²) in [4.78, 5) is 1.94. The zero-order valence-corrected chi connectivity index (χ0v) is 16.4. The highest BCUT2D eigenvalue weighted by atomic mass is 32.2. The Morgan fingerprint density at radius 1 is 1.04 bits per heavy atom. The molecule has 0 bridgehead atoms. The molecule has 3 aromatic rings. The van der Waals surface area contributed by atoms with E-state index < -0.39 is 15.8 Å². The zero-order valence-electron chi connectivity index (χ0n) is 15.6. The number of hydrogen-bond donors (Lipinski definition) is 1. The Morgan fingerprint density at radius 3 is 2.43 bits per heavy atom. The summed E-state index contributed by atoms with van der Waals surface area (Å²) in [7, 11) is -4.05. The van der Waals surface area contributed by atoms with E-state index in [0.29, 0.717) is 30.2 Å². The number of aromatic nitrogens is 1. The number of halogens is 1. The molecule has 1 aliphatic rings. The summed E-state index contributed by atoms with van der Waals surface area (Å²) in [5.41, 5.74) is 6.99. The van der Waals surface area contributed by atoms with Gasteiger partial charge in [-0.05, 0) is 62.7 Å². The number of piperidine rings is 1. The van der Waals surface area contributed by atoms with Crippen LogP contribution in [0.25, 0.3) is 10.9 Å². The van der Waals surface area contributed by atoms with Gasteiger partial charge in [0.15, 0.2) is 0 Å². The van der Waals surface area contributed by atoms with Gasteiger partial charge in [-0.3, -0.25) is 4.90 Å². The molecule has 4 rings (SSSR count). The highest BCUT2D eigenvalue weighted by Crippen LogP contribution is 2.28. The molecular formula is C21H24FN3O2S. The minimum Gasteiger partial charge on any atom is -0.330 e. The van der Waals surface area contributed by atoms with E-state index in [2.05, 4.69) is 4.90 Å². The Hall–Kier alpha value is -2.22. The van der Waals surface area contributed by atoms with Gasteiger partial charge in [-0.25, -0.2) is 16.8 Å². The molecule has 1 aliphatic heterocycles. The molecule has 2 aromatic carbocycles. The van der Waals surface area contributed by atoms with Crippen molar-refractivity contribution in [2.24, 2.45) is 11.7 Å². The molecule has 0 saturated carbocycles. The van der Waals surface area contributed by atoms with Gasteiger partial charge in [-0.1, -0.05) is 30.3 Å². The lowest BCUT2D eigenvalue weighted by molar-refractivity contribution is 0.178. The molecule has 0 radical (unpaired) electrons. The summed E-state index contributed by atoms with van der Waals surface area (Å²) in [6.07, 6.45) is 2.02. The maximum Gasteiger partial charge on any atom is 0.271 e. The Morgan fingerprint density at radius 2 is 1.71 bits per heavy atom. The second-order valence-corrected chi connectivity index (χ2v) is 9.10. The first-order valence-electron chi connectivity index (χ1n) is 9.52. The second kappa shape index (κ2) is 7.66. The minimum atomic E-state index is -4.05. The van der Waals surface area contributed by atoms with Crippen LogP contribution in [0.4, 0.5) is 4.39 Å². The first-order chi connectivity index (χ1) is 13.5. The summed E-state index contributed by atoms with van der Waals surface area (Å²) in [6, 6.07) is 14.7. The molecule has 1 saturated heterocycles. The molecule has 2 N–H and O–H groups in total. The van der Waals surface area contributed by atoms with E-state index in [9.17, 15) is 12.8 Å². The fraction of sp³-hybridized carbons (Fsp3) is 0.333. The Balaban J connectivity index is 1.77. The fourth-order valence-electron chi connectivity index (χ4n) is 3.94. The molecule has 148 valence electrons. The van der Waals surface area contributed by atoms with Gasteiger partial charge in [0.05, 0.1) is 5.52 Å². The topological polar surface area (TPSA) is 68.3 Å². The van der Waals surface area contributed by atoms with Crippen LogP contribution in [0.5, 0.6) is 0 Å². The third kappa shape index (κ3) is 3.45. The van der Waals surface area contributed by atoms with Crippen molar-refractivity contribution in [3.63, 3.8) is 0 Å². The number of nitrogens with zero attached hydrogens (tertiary/aromatic N) is 2. The van der Waals surface area contributed by atoms with Crippen LogP contribution in [0.2, 0.25) is 0 Å². The molecule has 0 aliphatic carbocycles. The van der Waals surface area contributed by atoms with Gasteiger partial charge >= 0.3 is 0 Å². The third-order valence-corrected chi connectivity index (χ3v) is 7.32. The highest BCUT2D eigenvalue weighted by molar-refractivity contribution is 7.90. The molecule has 7 heteroatoms. The number of nitrogens with two attached hydrogens (primary N) is 1. The minimum absolute atomic E-state index is 0.306. The van der Waals surface area contributed by atoms with E-state index in [4.69, 9.17) is 5.73 Å². The highest BCUT2D eigenvalue weighted by Gasteiger charge is 2.27. The molecule has 0 unspecified atom stereocenters. The molecule has 0 spiro atoms. The van der Waals surface area contributed by atoms with E-state index in [1.165, 1.54) is 22.2 Å². The predicted octanol–water partition coefficient (Wildman–Crippen LogP) is 3.19. The van der Waals surface area contributed by atoms with Crippen LogP contribution in [0.15, 0.2) is 59.5 Å². The van der Waals surface area contributed by atoms with Crippen molar-refractivity contribution >= 4 is 20.9 Å². The van der Waals surface area contributed by atoms with Crippen LogP contribution in [-0.4, -0.2) is 36.9 Å². The van der Waals surface area contributed by atoms with Crippen LogP contribution < -0.4 is 5.73 Å². The van der Waals surface area contributed by atoms with Crippen molar-refractivity contribution in [1.82, 2.24) is 8.87 Å². The standard InChI is InChI=1S/C21H24FN3O2S/c22-19-6-2-4-8-21(19)28(26,27)25-18(13-17-5-1-3-7-20(17)25)15-24-11-9-16(14-23)10-12-24/h1-8,13,16H,9-12,14-15,23H2. The lowest BCUT2D eigenvalue weighted by Gasteiger charge is -2.31. The maximum atomic E-state index is 14.3. The van der Waals surface area contributed by atoms with E-state index in [0.717, 1.165) is 31.3 Å². The number of hydrogen-bond acceptors (Lipinski definition) is 4. The van der Waals surface area contributed by atoms with E-state index >= 15 is 0 Å². The molecule has 2 heterocycles. The number of rotatable bonds is 5. The summed E-state index contributed by atoms with van der Waals surface area (Å²) >= 11 is 0. The van der Waals surface area contributed by atoms with Crippen molar-refractivity contribution in [2.75, 3.05) is 19.6 Å². The summed E-state index contributed by atoms with van der Waals surface area (Å²) in [6.45, 7) is 2.95. The molecule has 28 heavy (non-hydrogen) atoms. The lowest BCUT2D eigenvalue weighted by atomic mass is 9.97.